The van der Waals surface area contributed by atoms with Gasteiger partial charge >= 0.3 is 0 Å². The summed E-state index contributed by atoms with van der Waals surface area (Å²) in [5.74, 6) is 0. The second kappa shape index (κ2) is 10.2. The first kappa shape index (κ1) is 31.6. The highest BCUT2D eigenvalue weighted by atomic mass is 15.0. The highest BCUT2D eigenvalue weighted by Crippen LogP contribution is 2.50. The van der Waals surface area contributed by atoms with E-state index in [1.54, 1.807) is 0 Å². The van der Waals surface area contributed by atoms with Crippen molar-refractivity contribution in [2.75, 3.05) is 0 Å². The van der Waals surface area contributed by atoms with Crippen molar-refractivity contribution in [1.29, 1.82) is 0 Å². The van der Waals surface area contributed by atoms with Gasteiger partial charge in [-0.2, -0.15) is 0 Å². The summed E-state index contributed by atoms with van der Waals surface area (Å²) in [6, 6.07) is 53.3. The Bertz CT molecular complexity index is 3850. The van der Waals surface area contributed by atoms with Crippen LogP contribution in [0.4, 0.5) is 0 Å². The third kappa shape index (κ3) is 3.87. The average molecular weight is 732 g/mol. The number of nitrogens with zero attached hydrogens (tertiary/aromatic N) is 3. The number of hydrogen-bond donors (Lipinski definition) is 0. The molecular formula is C54H41N3. The zero-order valence-electron chi connectivity index (χ0n) is 33.1. The molecule has 0 saturated carbocycles. The minimum atomic E-state index is 0.0281. The number of para-hydroxylation sites is 2. The van der Waals surface area contributed by atoms with Gasteiger partial charge in [-0.3, -0.25) is 0 Å². The highest BCUT2D eigenvalue weighted by Gasteiger charge is 2.28. The monoisotopic (exact) mass is 731 g/mol. The number of hydrogen-bond acceptors (Lipinski definition) is 0. The third-order valence-electron chi connectivity index (χ3n) is 13.3. The summed E-state index contributed by atoms with van der Waals surface area (Å²) in [5.41, 5.74) is 14.2. The van der Waals surface area contributed by atoms with Crippen molar-refractivity contribution in [2.24, 2.45) is 0 Å². The van der Waals surface area contributed by atoms with E-state index in [1.807, 2.05) is 0 Å². The summed E-state index contributed by atoms with van der Waals surface area (Å²) >= 11 is 0. The molecular weight excluding hydrogens is 691 g/mol. The molecule has 5 heterocycles. The molecule has 3 nitrogen and oxygen atoms in total. The number of aromatic nitrogens is 3. The van der Waals surface area contributed by atoms with Crippen LogP contribution in [0, 0.1) is 0 Å². The van der Waals surface area contributed by atoms with Crippen molar-refractivity contribution in [3.05, 3.63) is 151 Å². The quantitative estimate of drug-likeness (QED) is 0.160. The van der Waals surface area contributed by atoms with Gasteiger partial charge < -0.3 is 13.4 Å². The summed E-state index contributed by atoms with van der Waals surface area (Å²) in [4.78, 5) is 0. The fourth-order valence-corrected chi connectivity index (χ4v) is 10.6. The third-order valence-corrected chi connectivity index (χ3v) is 13.3. The average Bonchev–Trinajstić information content (AvgIpc) is 3.98. The summed E-state index contributed by atoms with van der Waals surface area (Å²) < 4.78 is 7.66. The molecule has 0 amide bonds. The van der Waals surface area contributed by atoms with Crippen molar-refractivity contribution in [3.8, 4) is 5.69 Å². The van der Waals surface area contributed by atoms with Crippen LogP contribution < -0.4 is 0 Å². The lowest BCUT2D eigenvalue weighted by atomic mass is 9.86. The van der Waals surface area contributed by atoms with E-state index in [9.17, 15) is 0 Å². The summed E-state index contributed by atoms with van der Waals surface area (Å²) in [5, 5.41) is 15.8. The van der Waals surface area contributed by atoms with Crippen LogP contribution in [0.15, 0.2) is 140 Å². The number of benzene rings is 8. The predicted molar refractivity (Wildman–Crippen MR) is 245 cm³/mol. The Morgan fingerprint density at radius 2 is 0.895 bits per heavy atom. The molecule has 13 rings (SSSR count). The van der Waals surface area contributed by atoms with E-state index in [0.29, 0.717) is 0 Å². The van der Waals surface area contributed by atoms with Gasteiger partial charge in [0, 0.05) is 59.5 Å². The van der Waals surface area contributed by atoms with Crippen LogP contribution in [0.2, 0.25) is 0 Å². The van der Waals surface area contributed by atoms with Crippen molar-refractivity contribution in [2.45, 2.75) is 52.4 Å². The summed E-state index contributed by atoms with van der Waals surface area (Å²) in [6.45, 7) is 13.9. The van der Waals surface area contributed by atoms with Gasteiger partial charge in [-0.15, -0.1) is 0 Å². The lowest BCUT2D eigenvalue weighted by Crippen LogP contribution is -2.10. The van der Waals surface area contributed by atoms with E-state index in [-0.39, 0.29) is 10.8 Å². The maximum absolute atomic E-state index is 2.59. The molecule has 0 saturated heterocycles. The lowest BCUT2D eigenvalue weighted by molar-refractivity contribution is 0.591. The highest BCUT2D eigenvalue weighted by molar-refractivity contribution is 6.38. The molecule has 13 aromatic rings. The molecule has 0 N–H and O–H groups in total. The molecule has 0 aliphatic rings. The van der Waals surface area contributed by atoms with Crippen molar-refractivity contribution < 1.29 is 0 Å². The van der Waals surface area contributed by atoms with Crippen LogP contribution in [0.5, 0.6) is 0 Å². The van der Waals surface area contributed by atoms with Gasteiger partial charge in [-0.25, -0.2) is 0 Å². The van der Waals surface area contributed by atoms with Crippen LogP contribution in [-0.4, -0.2) is 13.4 Å². The van der Waals surface area contributed by atoms with E-state index in [4.69, 9.17) is 0 Å². The van der Waals surface area contributed by atoms with E-state index >= 15 is 0 Å². The second-order valence-corrected chi connectivity index (χ2v) is 18.6. The lowest BCUT2D eigenvalue weighted by Gasteiger charge is -2.19. The first-order valence-corrected chi connectivity index (χ1v) is 20.4. The molecule has 272 valence electrons. The van der Waals surface area contributed by atoms with Crippen LogP contribution in [0.3, 0.4) is 0 Å². The minimum absolute atomic E-state index is 0.0281. The molecule has 57 heavy (non-hydrogen) atoms. The summed E-state index contributed by atoms with van der Waals surface area (Å²) in [6.07, 6.45) is 0. The molecule has 0 atom stereocenters. The molecule has 8 aromatic carbocycles. The molecule has 0 spiro atoms. The van der Waals surface area contributed by atoms with Crippen molar-refractivity contribution in [3.63, 3.8) is 0 Å². The van der Waals surface area contributed by atoms with Gasteiger partial charge in [0.1, 0.15) is 0 Å². The van der Waals surface area contributed by atoms with Gasteiger partial charge in [0.25, 0.3) is 0 Å². The Morgan fingerprint density at radius 1 is 0.333 bits per heavy atom. The molecule has 5 aromatic heterocycles. The van der Waals surface area contributed by atoms with Crippen molar-refractivity contribution in [1.82, 2.24) is 13.4 Å². The molecule has 0 aliphatic carbocycles. The maximum atomic E-state index is 2.59. The molecule has 0 aliphatic heterocycles. The van der Waals surface area contributed by atoms with Gasteiger partial charge in [0.2, 0.25) is 0 Å². The molecule has 0 fully saturated rings. The molecule has 3 heteroatoms. The maximum Gasteiger partial charge on any atom is 0.0628 e. The van der Waals surface area contributed by atoms with Gasteiger partial charge in [0.05, 0.1) is 44.1 Å². The van der Waals surface area contributed by atoms with E-state index in [2.05, 4.69) is 194 Å². The smallest absolute Gasteiger partial charge is 0.0628 e. The van der Waals surface area contributed by atoms with Crippen molar-refractivity contribution >= 4 is 109 Å². The number of fused-ring (bicyclic) bond motifs is 18. The van der Waals surface area contributed by atoms with Gasteiger partial charge in [-0.05, 0) is 99.5 Å². The van der Waals surface area contributed by atoms with Gasteiger partial charge in [-0.1, -0.05) is 114 Å². The fraction of sp³-hybridized carbons (Fsp3) is 0.148. The topological polar surface area (TPSA) is 13.8 Å². The van der Waals surface area contributed by atoms with E-state index in [1.165, 1.54) is 126 Å². The van der Waals surface area contributed by atoms with Gasteiger partial charge in [0.15, 0.2) is 0 Å². The van der Waals surface area contributed by atoms with Crippen LogP contribution in [-0.2, 0) is 10.8 Å². The Kier molecular flexibility index (Phi) is 5.67. The van der Waals surface area contributed by atoms with E-state index in [0.717, 1.165) is 0 Å². The first-order valence-electron chi connectivity index (χ1n) is 20.4. The van der Waals surface area contributed by atoms with Crippen LogP contribution in [0.1, 0.15) is 52.7 Å². The first-order chi connectivity index (χ1) is 27.6. The zero-order valence-corrected chi connectivity index (χ0v) is 33.1. The Hall–Kier alpha value is -6.58. The number of rotatable bonds is 1. The SMILES string of the molecule is CC(C)(C)c1ccc2c(c1)c1c3ccccc3cc3c4cc5c6c7c8ccccc8n(-c8ccccc8)c7cc7c8cc(C(C)(C)C)ccc8n(c5cc4n2c31)c76. The Balaban J connectivity index is 1.29. The predicted octanol–water partition coefficient (Wildman–Crippen LogP) is 14.8. The Labute approximate surface area is 329 Å². The van der Waals surface area contributed by atoms with Crippen LogP contribution >= 0.6 is 0 Å². The molecule has 0 radical (unpaired) electrons. The largest absolute Gasteiger partial charge is 0.309 e. The fourth-order valence-electron chi connectivity index (χ4n) is 10.6. The Morgan fingerprint density at radius 3 is 1.63 bits per heavy atom. The standard InChI is InChI=1S/C54H41N3/c1-53(2,3)31-20-22-43-36(25-31)39-28-47-49(35-18-12-13-19-42(35)55(47)33-15-8-7-9-16-33)50-41-27-37-38-24-30-14-10-11-17-34(30)48-40-26-32(54(4,5)6)21-23-44(40)57(51(38)48)45(37)29-46(41)56(43)52(39)50/h7-29H,1-6H3. The summed E-state index contributed by atoms with van der Waals surface area (Å²) in [7, 11) is 0. The molecule has 0 unspecified atom stereocenters. The second-order valence-electron chi connectivity index (χ2n) is 18.6. The van der Waals surface area contributed by atoms with E-state index < -0.39 is 0 Å². The molecule has 0 bridgehead atoms. The minimum Gasteiger partial charge on any atom is -0.309 e. The normalized spacial score (nSPS) is 13.4. The zero-order chi connectivity index (χ0) is 38.3. The van der Waals surface area contributed by atoms with Crippen LogP contribution in [0.25, 0.3) is 114 Å².